The Labute approximate surface area is 174 Å². The molecule has 0 aliphatic carbocycles. The van der Waals surface area contributed by atoms with Crippen LogP contribution >= 0.6 is 11.3 Å². The molecule has 0 aliphatic heterocycles. The zero-order valence-electron chi connectivity index (χ0n) is 17.1. The molecule has 0 atom stereocenters. The van der Waals surface area contributed by atoms with Gasteiger partial charge in [-0.25, -0.2) is 4.98 Å². The molecule has 0 amide bonds. The van der Waals surface area contributed by atoms with Crippen molar-refractivity contribution in [2.45, 2.75) is 27.3 Å². The zero-order valence-corrected chi connectivity index (χ0v) is 17.9. The Bertz CT molecular complexity index is 1110. The van der Waals surface area contributed by atoms with Crippen LogP contribution < -0.4 is 9.47 Å². The first-order valence-electron chi connectivity index (χ1n) is 9.57. The van der Waals surface area contributed by atoms with Crippen molar-refractivity contribution in [3.8, 4) is 33.3 Å². The van der Waals surface area contributed by atoms with Crippen molar-refractivity contribution in [3.63, 3.8) is 0 Å². The van der Waals surface area contributed by atoms with Crippen molar-refractivity contribution >= 4 is 11.3 Å². The van der Waals surface area contributed by atoms with E-state index in [9.17, 15) is 0 Å². The third-order valence-corrected chi connectivity index (χ3v) is 5.85. The Morgan fingerprint density at radius 1 is 1.14 bits per heavy atom. The number of thiazole rings is 1. The third kappa shape index (κ3) is 3.80. The van der Waals surface area contributed by atoms with Gasteiger partial charge in [0.2, 0.25) is 0 Å². The minimum Gasteiger partial charge on any atom is -0.493 e. The minimum atomic E-state index is 0.602. The third-order valence-electron chi connectivity index (χ3n) is 4.96. The fraction of sp³-hybridized carbons (Fsp3) is 0.261. The summed E-state index contributed by atoms with van der Waals surface area (Å²) in [6.07, 6.45) is 1.71. The number of rotatable bonds is 7. The molecule has 4 aromatic rings. The van der Waals surface area contributed by atoms with Crippen molar-refractivity contribution in [1.82, 2.24) is 9.55 Å². The lowest BCUT2D eigenvalue weighted by atomic mass is 10.2. The maximum atomic E-state index is 5.62. The fourth-order valence-corrected chi connectivity index (χ4v) is 4.28. The smallest absolute Gasteiger partial charge is 0.161 e. The number of hydrogen-bond donors (Lipinski definition) is 0. The molecular weight excluding hydrogens is 384 g/mol. The van der Waals surface area contributed by atoms with Crippen molar-refractivity contribution in [2.75, 3.05) is 13.7 Å². The molecule has 150 valence electrons. The van der Waals surface area contributed by atoms with E-state index in [1.54, 1.807) is 24.7 Å². The SMILES string of the molecule is CCOc1ccc(-c2nc(-c3cc(C)n(Cc4ccco4)c3C)cs2)cc1OC. The fourth-order valence-electron chi connectivity index (χ4n) is 3.47. The molecule has 4 rings (SSSR count). The summed E-state index contributed by atoms with van der Waals surface area (Å²) in [7, 11) is 1.66. The number of hydrogen-bond acceptors (Lipinski definition) is 5. The Morgan fingerprint density at radius 2 is 2.00 bits per heavy atom. The van der Waals surface area contributed by atoms with E-state index >= 15 is 0 Å². The van der Waals surface area contributed by atoms with E-state index in [0.717, 1.165) is 45.6 Å². The van der Waals surface area contributed by atoms with Crippen LogP contribution in [0.15, 0.2) is 52.5 Å². The van der Waals surface area contributed by atoms with Crippen LogP contribution in [0.1, 0.15) is 24.1 Å². The average molecular weight is 409 g/mol. The lowest BCUT2D eigenvalue weighted by Crippen LogP contribution is -2.02. The Morgan fingerprint density at radius 3 is 2.72 bits per heavy atom. The number of furan rings is 1. The Kier molecular flexibility index (Phi) is 5.45. The normalized spacial score (nSPS) is 11.0. The molecule has 1 aromatic carbocycles. The first-order valence-corrected chi connectivity index (χ1v) is 10.4. The number of aromatic nitrogens is 2. The molecular formula is C23H24N2O3S. The van der Waals surface area contributed by atoms with Crippen LogP contribution in [-0.4, -0.2) is 23.3 Å². The summed E-state index contributed by atoms with van der Waals surface area (Å²) < 4.78 is 18.9. The number of aryl methyl sites for hydroxylation is 1. The van der Waals surface area contributed by atoms with Crippen LogP contribution in [0.2, 0.25) is 0 Å². The summed E-state index contributed by atoms with van der Waals surface area (Å²) in [6, 6.07) is 12.1. The molecule has 0 fully saturated rings. The first kappa shape index (κ1) is 19.3. The van der Waals surface area contributed by atoms with E-state index in [-0.39, 0.29) is 0 Å². The molecule has 5 nitrogen and oxygen atoms in total. The van der Waals surface area contributed by atoms with Gasteiger partial charge in [0.25, 0.3) is 0 Å². The quantitative estimate of drug-likeness (QED) is 0.379. The average Bonchev–Trinajstić information content (AvgIpc) is 3.46. The molecule has 0 saturated heterocycles. The summed E-state index contributed by atoms with van der Waals surface area (Å²) in [5.41, 5.74) is 5.52. The Hall–Kier alpha value is -2.99. The van der Waals surface area contributed by atoms with Gasteiger partial charge in [-0.1, -0.05) is 0 Å². The van der Waals surface area contributed by atoms with Gasteiger partial charge in [-0.05, 0) is 57.2 Å². The molecule has 0 radical (unpaired) electrons. The maximum absolute atomic E-state index is 5.62. The predicted molar refractivity (Wildman–Crippen MR) is 116 cm³/mol. The molecule has 0 saturated carbocycles. The molecule has 3 aromatic heterocycles. The van der Waals surface area contributed by atoms with Gasteiger partial charge in [0.1, 0.15) is 10.8 Å². The van der Waals surface area contributed by atoms with E-state index in [1.165, 1.54) is 11.4 Å². The molecule has 0 N–H and O–H groups in total. The van der Waals surface area contributed by atoms with Gasteiger partial charge < -0.3 is 18.5 Å². The van der Waals surface area contributed by atoms with E-state index in [0.29, 0.717) is 6.61 Å². The first-order chi connectivity index (χ1) is 14.1. The van der Waals surface area contributed by atoms with Crippen LogP contribution in [0.3, 0.4) is 0 Å². The van der Waals surface area contributed by atoms with Crippen LogP contribution in [-0.2, 0) is 6.54 Å². The lowest BCUT2D eigenvalue weighted by molar-refractivity contribution is 0.311. The molecule has 6 heteroatoms. The number of benzene rings is 1. The standard InChI is InChI=1S/C23H24N2O3S/c1-5-27-21-9-8-17(12-22(21)26-4)23-24-20(14-29-23)19-11-15(2)25(16(19)3)13-18-7-6-10-28-18/h6-12,14H,5,13H2,1-4H3. The zero-order chi connectivity index (χ0) is 20.4. The van der Waals surface area contributed by atoms with Gasteiger partial charge in [-0.3, -0.25) is 0 Å². The molecule has 3 heterocycles. The summed E-state index contributed by atoms with van der Waals surface area (Å²) in [4.78, 5) is 4.90. The lowest BCUT2D eigenvalue weighted by Gasteiger charge is -2.10. The van der Waals surface area contributed by atoms with E-state index in [2.05, 4.69) is 29.9 Å². The van der Waals surface area contributed by atoms with Gasteiger partial charge in [0, 0.05) is 27.9 Å². The van der Waals surface area contributed by atoms with Crippen LogP contribution in [0.4, 0.5) is 0 Å². The topological polar surface area (TPSA) is 49.4 Å². The van der Waals surface area contributed by atoms with Crippen LogP contribution in [0.5, 0.6) is 11.5 Å². The monoisotopic (exact) mass is 408 g/mol. The summed E-state index contributed by atoms with van der Waals surface area (Å²) >= 11 is 1.63. The summed E-state index contributed by atoms with van der Waals surface area (Å²) in [6.45, 7) is 7.53. The van der Waals surface area contributed by atoms with Gasteiger partial charge in [-0.15, -0.1) is 11.3 Å². The number of ether oxygens (including phenoxy) is 2. The van der Waals surface area contributed by atoms with Crippen LogP contribution in [0, 0.1) is 13.8 Å². The van der Waals surface area contributed by atoms with E-state index < -0.39 is 0 Å². The predicted octanol–water partition coefficient (Wildman–Crippen LogP) is 5.94. The summed E-state index contributed by atoms with van der Waals surface area (Å²) in [5.74, 6) is 2.41. The van der Waals surface area contributed by atoms with Gasteiger partial charge in [0.05, 0.1) is 32.2 Å². The van der Waals surface area contributed by atoms with E-state index in [1.807, 2.05) is 37.3 Å². The second-order valence-electron chi connectivity index (χ2n) is 6.79. The summed E-state index contributed by atoms with van der Waals surface area (Å²) in [5, 5.41) is 3.06. The highest BCUT2D eigenvalue weighted by atomic mass is 32.1. The Balaban J connectivity index is 1.64. The van der Waals surface area contributed by atoms with Gasteiger partial charge in [0.15, 0.2) is 11.5 Å². The van der Waals surface area contributed by atoms with Crippen molar-refractivity contribution in [2.24, 2.45) is 0 Å². The highest BCUT2D eigenvalue weighted by molar-refractivity contribution is 7.13. The minimum absolute atomic E-state index is 0.602. The molecule has 0 spiro atoms. The highest BCUT2D eigenvalue weighted by Crippen LogP contribution is 2.36. The molecule has 0 bridgehead atoms. The molecule has 0 aliphatic rings. The van der Waals surface area contributed by atoms with Crippen molar-refractivity contribution in [1.29, 1.82) is 0 Å². The van der Waals surface area contributed by atoms with Crippen molar-refractivity contribution in [3.05, 3.63) is 65.2 Å². The van der Waals surface area contributed by atoms with Gasteiger partial charge in [-0.2, -0.15) is 0 Å². The second kappa shape index (κ2) is 8.17. The van der Waals surface area contributed by atoms with Crippen molar-refractivity contribution < 1.29 is 13.9 Å². The largest absolute Gasteiger partial charge is 0.493 e. The van der Waals surface area contributed by atoms with Gasteiger partial charge >= 0.3 is 0 Å². The number of nitrogens with zero attached hydrogens (tertiary/aromatic N) is 2. The molecule has 29 heavy (non-hydrogen) atoms. The maximum Gasteiger partial charge on any atom is 0.161 e. The van der Waals surface area contributed by atoms with Crippen LogP contribution in [0.25, 0.3) is 21.8 Å². The second-order valence-corrected chi connectivity index (χ2v) is 7.64. The molecule has 0 unspecified atom stereocenters. The highest BCUT2D eigenvalue weighted by Gasteiger charge is 2.16. The van der Waals surface area contributed by atoms with E-state index in [4.69, 9.17) is 18.9 Å². The number of methoxy groups -OCH3 is 1.